The van der Waals surface area contributed by atoms with Crippen LogP contribution in [0.1, 0.15) is 43.4 Å². The van der Waals surface area contributed by atoms with Crippen LogP contribution in [-0.4, -0.2) is 22.4 Å². The molecule has 1 N–H and O–H groups in total. The summed E-state index contributed by atoms with van der Waals surface area (Å²) in [5.41, 5.74) is 3.77. The highest BCUT2D eigenvalue weighted by molar-refractivity contribution is 8.15. The molecule has 1 heterocycles. The van der Waals surface area contributed by atoms with Crippen LogP contribution in [0.15, 0.2) is 48.5 Å². The Balaban J connectivity index is 1.90. The molecule has 0 spiro atoms. The molecule has 0 radical (unpaired) electrons. The standard InChI is InChI=1S/C23H26N2O3S/c1-14(2)13-17-7-9-18(10-8-17)16(4)21(27)25(19-11-5-15(3)6-12-19)22-20(26)24-23(28)29-22/h5-12,14,16,22H,13H2,1-4H3,(H,24,26,28). The van der Waals surface area contributed by atoms with E-state index in [1.807, 2.05) is 50.2 Å². The third-order valence-corrected chi connectivity index (χ3v) is 5.91. The van der Waals surface area contributed by atoms with E-state index in [2.05, 4.69) is 31.3 Å². The topological polar surface area (TPSA) is 66.5 Å². The van der Waals surface area contributed by atoms with Crippen molar-refractivity contribution >= 4 is 34.5 Å². The second kappa shape index (κ2) is 8.82. The van der Waals surface area contributed by atoms with Gasteiger partial charge in [-0.25, -0.2) is 0 Å². The van der Waals surface area contributed by atoms with Gasteiger partial charge < -0.3 is 0 Å². The highest BCUT2D eigenvalue weighted by Crippen LogP contribution is 2.32. The number of aryl methyl sites for hydroxylation is 1. The number of benzene rings is 2. The number of hydrogen-bond donors (Lipinski definition) is 1. The van der Waals surface area contributed by atoms with Gasteiger partial charge in [-0.05, 0) is 61.2 Å². The maximum absolute atomic E-state index is 13.5. The highest BCUT2D eigenvalue weighted by Gasteiger charge is 2.41. The van der Waals surface area contributed by atoms with Crippen LogP contribution >= 0.6 is 11.8 Å². The summed E-state index contributed by atoms with van der Waals surface area (Å²) in [5.74, 6) is -0.568. The number of rotatable bonds is 6. The summed E-state index contributed by atoms with van der Waals surface area (Å²) < 4.78 is 0. The van der Waals surface area contributed by atoms with E-state index in [1.54, 1.807) is 0 Å². The molecule has 1 saturated heterocycles. The molecule has 2 aromatic rings. The van der Waals surface area contributed by atoms with Gasteiger partial charge in [-0.15, -0.1) is 0 Å². The molecule has 1 fully saturated rings. The lowest BCUT2D eigenvalue weighted by Gasteiger charge is -2.29. The number of nitrogens with zero attached hydrogens (tertiary/aromatic N) is 1. The Bertz CT molecular complexity index is 907. The van der Waals surface area contributed by atoms with E-state index in [-0.39, 0.29) is 5.91 Å². The molecule has 152 valence electrons. The molecule has 6 heteroatoms. The van der Waals surface area contributed by atoms with Crippen LogP contribution in [0.4, 0.5) is 10.5 Å². The zero-order valence-electron chi connectivity index (χ0n) is 17.1. The van der Waals surface area contributed by atoms with Crippen molar-refractivity contribution in [3.05, 3.63) is 65.2 Å². The summed E-state index contributed by atoms with van der Waals surface area (Å²) in [5, 5.41) is 0.942. The van der Waals surface area contributed by atoms with Crippen molar-refractivity contribution in [2.75, 3.05) is 4.90 Å². The van der Waals surface area contributed by atoms with Gasteiger partial charge in [0.25, 0.3) is 11.1 Å². The normalized spacial score (nSPS) is 17.3. The van der Waals surface area contributed by atoms with E-state index >= 15 is 0 Å². The van der Waals surface area contributed by atoms with Gasteiger partial charge in [0.2, 0.25) is 5.91 Å². The zero-order valence-corrected chi connectivity index (χ0v) is 18.0. The van der Waals surface area contributed by atoms with Crippen LogP contribution in [0.2, 0.25) is 0 Å². The molecule has 3 amide bonds. The molecule has 2 atom stereocenters. The summed E-state index contributed by atoms with van der Waals surface area (Å²) >= 11 is 0.837. The van der Waals surface area contributed by atoms with E-state index in [9.17, 15) is 14.4 Å². The smallest absolute Gasteiger partial charge is 0.288 e. The third-order valence-electron chi connectivity index (χ3n) is 4.95. The lowest BCUT2D eigenvalue weighted by Crippen LogP contribution is -2.45. The molecule has 3 rings (SSSR count). The van der Waals surface area contributed by atoms with Gasteiger partial charge in [-0.2, -0.15) is 0 Å². The van der Waals surface area contributed by atoms with E-state index in [1.165, 1.54) is 10.5 Å². The number of amides is 3. The van der Waals surface area contributed by atoms with Crippen molar-refractivity contribution in [1.82, 2.24) is 5.32 Å². The van der Waals surface area contributed by atoms with Crippen LogP contribution in [0.5, 0.6) is 0 Å². The number of hydrogen-bond acceptors (Lipinski definition) is 4. The Labute approximate surface area is 175 Å². The summed E-state index contributed by atoms with van der Waals surface area (Å²) in [6.07, 6.45) is 0.985. The molecule has 0 aliphatic carbocycles. The first-order chi connectivity index (χ1) is 13.8. The van der Waals surface area contributed by atoms with Crippen molar-refractivity contribution < 1.29 is 14.4 Å². The predicted octanol–water partition coefficient (Wildman–Crippen LogP) is 4.64. The molecule has 0 bridgehead atoms. The van der Waals surface area contributed by atoms with Crippen LogP contribution in [-0.2, 0) is 16.0 Å². The van der Waals surface area contributed by atoms with Crippen molar-refractivity contribution in [1.29, 1.82) is 0 Å². The number of thioether (sulfide) groups is 1. The molecule has 0 aromatic heterocycles. The minimum absolute atomic E-state index is 0.215. The van der Waals surface area contributed by atoms with Crippen molar-refractivity contribution in [2.45, 2.75) is 45.4 Å². The fraction of sp³-hybridized carbons (Fsp3) is 0.348. The summed E-state index contributed by atoms with van der Waals surface area (Å²) in [6.45, 7) is 8.13. The average Bonchev–Trinajstić information content (AvgIpc) is 3.01. The Kier molecular flexibility index (Phi) is 6.42. The fourth-order valence-electron chi connectivity index (χ4n) is 3.37. The first-order valence-corrected chi connectivity index (χ1v) is 10.6. The molecule has 2 unspecified atom stereocenters. The number of carbonyl (C=O) groups is 3. The number of carbonyl (C=O) groups excluding carboxylic acids is 3. The monoisotopic (exact) mass is 410 g/mol. The van der Waals surface area contributed by atoms with Crippen molar-refractivity contribution in [2.24, 2.45) is 5.92 Å². The van der Waals surface area contributed by atoms with Gasteiger partial charge in [-0.3, -0.25) is 24.6 Å². The van der Waals surface area contributed by atoms with Gasteiger partial charge in [0, 0.05) is 5.69 Å². The number of imide groups is 1. The quantitative estimate of drug-likeness (QED) is 0.753. The lowest BCUT2D eigenvalue weighted by atomic mass is 9.95. The highest BCUT2D eigenvalue weighted by atomic mass is 32.2. The van der Waals surface area contributed by atoms with Crippen molar-refractivity contribution in [3.63, 3.8) is 0 Å². The minimum Gasteiger partial charge on any atom is -0.290 e. The summed E-state index contributed by atoms with van der Waals surface area (Å²) in [6, 6.07) is 15.4. The van der Waals surface area contributed by atoms with Gasteiger partial charge in [0.15, 0.2) is 5.37 Å². The molecule has 29 heavy (non-hydrogen) atoms. The minimum atomic E-state index is -0.902. The Morgan fingerprint density at radius 3 is 2.17 bits per heavy atom. The van der Waals surface area contributed by atoms with Gasteiger partial charge in [0.1, 0.15) is 0 Å². The molecule has 1 aliphatic rings. The van der Waals surface area contributed by atoms with E-state index < -0.39 is 22.4 Å². The fourth-order valence-corrected chi connectivity index (χ4v) is 4.22. The van der Waals surface area contributed by atoms with Crippen LogP contribution in [0, 0.1) is 12.8 Å². The lowest BCUT2D eigenvalue weighted by molar-refractivity contribution is -0.124. The summed E-state index contributed by atoms with van der Waals surface area (Å²) in [7, 11) is 0. The molecular weight excluding hydrogens is 384 g/mol. The predicted molar refractivity (Wildman–Crippen MR) is 117 cm³/mol. The van der Waals surface area contributed by atoms with E-state index in [0.29, 0.717) is 11.6 Å². The second-order valence-electron chi connectivity index (χ2n) is 7.85. The Morgan fingerprint density at radius 1 is 1.03 bits per heavy atom. The van der Waals surface area contributed by atoms with E-state index in [4.69, 9.17) is 0 Å². The first kappa shape index (κ1) is 21.1. The van der Waals surface area contributed by atoms with E-state index in [0.717, 1.165) is 29.3 Å². The molecule has 0 saturated carbocycles. The zero-order chi connectivity index (χ0) is 21.1. The SMILES string of the molecule is Cc1ccc(N(C(=O)C(C)c2ccc(CC(C)C)cc2)C2SC(=O)NC2=O)cc1. The molecule has 2 aromatic carbocycles. The van der Waals surface area contributed by atoms with Gasteiger partial charge in [-0.1, -0.05) is 55.8 Å². The number of nitrogens with one attached hydrogen (secondary N) is 1. The number of anilines is 1. The van der Waals surface area contributed by atoms with Crippen LogP contribution in [0.25, 0.3) is 0 Å². The molecule has 1 aliphatic heterocycles. The molecular formula is C23H26N2O3S. The Hall–Kier alpha value is -2.60. The largest absolute Gasteiger partial charge is 0.290 e. The second-order valence-corrected chi connectivity index (χ2v) is 8.90. The first-order valence-electron chi connectivity index (χ1n) is 9.76. The van der Waals surface area contributed by atoms with Crippen molar-refractivity contribution in [3.8, 4) is 0 Å². The van der Waals surface area contributed by atoms with Crippen LogP contribution in [0.3, 0.4) is 0 Å². The average molecular weight is 411 g/mol. The van der Waals surface area contributed by atoms with Gasteiger partial charge in [0.05, 0.1) is 5.92 Å². The maximum Gasteiger partial charge on any atom is 0.288 e. The Morgan fingerprint density at radius 2 is 1.66 bits per heavy atom. The van der Waals surface area contributed by atoms with Crippen LogP contribution < -0.4 is 10.2 Å². The third kappa shape index (κ3) is 4.88. The molecule has 5 nitrogen and oxygen atoms in total. The van der Waals surface area contributed by atoms with Gasteiger partial charge >= 0.3 is 0 Å². The maximum atomic E-state index is 13.5. The summed E-state index contributed by atoms with van der Waals surface area (Å²) in [4.78, 5) is 39.0.